The van der Waals surface area contributed by atoms with Crippen LogP contribution in [0, 0.1) is 0 Å². The van der Waals surface area contributed by atoms with Crippen LogP contribution in [-0.4, -0.2) is 60.5 Å². The van der Waals surface area contributed by atoms with Crippen molar-refractivity contribution in [1.82, 2.24) is 0 Å². The Labute approximate surface area is 800 Å². The number of benzene rings is 16. The third-order valence-corrected chi connectivity index (χ3v) is 21.9. The van der Waals surface area contributed by atoms with Crippen LogP contribution in [0.4, 0.5) is 0 Å². The van der Waals surface area contributed by atoms with Crippen molar-refractivity contribution in [2.24, 2.45) is 0 Å². The first kappa shape index (κ1) is 94.2. The van der Waals surface area contributed by atoms with Crippen molar-refractivity contribution < 1.29 is 100 Å². The third kappa shape index (κ3) is 27.4. The van der Waals surface area contributed by atoms with Crippen LogP contribution in [0.25, 0.3) is 0 Å². The summed E-state index contributed by atoms with van der Waals surface area (Å²) in [6, 6.07) is 124. The number of aliphatic hydroxyl groups is 1. The molecular formula is C117H100O21. The number of rotatable bonds is 48. The molecule has 694 valence electrons. The fraction of sp³-hybridized carbons (Fsp3) is 0.145. The average molecular weight is 1840 g/mol. The zero-order valence-corrected chi connectivity index (χ0v) is 75.6. The minimum absolute atomic E-state index is 0.00767. The summed E-state index contributed by atoms with van der Waals surface area (Å²) in [7, 11) is 0. The Morgan fingerprint density at radius 3 is 0.507 bits per heavy atom. The Kier molecular flexibility index (Phi) is 33.1. The van der Waals surface area contributed by atoms with Gasteiger partial charge < -0.3 is 80.9 Å². The van der Waals surface area contributed by atoms with Crippen LogP contribution in [0.3, 0.4) is 0 Å². The second kappa shape index (κ2) is 48.6. The molecule has 0 aliphatic heterocycles. The zero-order valence-electron chi connectivity index (χ0n) is 75.6. The molecule has 16 rings (SSSR count). The molecule has 0 unspecified atom stereocenters. The van der Waals surface area contributed by atoms with E-state index in [2.05, 4.69) is 0 Å². The highest BCUT2D eigenvalue weighted by atomic mass is 16.6. The van der Waals surface area contributed by atoms with Crippen molar-refractivity contribution in [2.75, 3.05) is 19.8 Å². The molecule has 0 saturated carbocycles. The standard InChI is InChI=1S/C117H100O21/c118-113(96-61-100(123-69-84-37-13-1-14-38-84)109(131-77-92-53-29-9-30-54-92)101(62-96)124-70-85-39-15-2-16-40-85)135-81-108(138-116(121)99-67-106(129-75-90-49-25-7-26-50-90)112(134-80-95-59-35-12-36-60-95)107(68-99)130-76-91-51-27-8-28-52-91)117(122,82-136-114(119)97-63-102(125-71-86-41-17-3-18-42-86)110(132-78-93-55-31-10-32-56-93)103(64-97)126-72-87-43-19-4-20-44-87)83-137-115(120)98-65-104(127-73-88-45-21-5-22-46-88)111(133-79-94-57-33-11-34-58-94)105(66-98)128-74-89-47-23-6-24-48-89/h1-68,108,122H,69-83H2/t108-/m0/s1. The van der Waals surface area contributed by atoms with Crippen LogP contribution in [-0.2, 0) is 98.2 Å². The van der Waals surface area contributed by atoms with Gasteiger partial charge in [0.2, 0.25) is 23.0 Å². The van der Waals surface area contributed by atoms with Gasteiger partial charge in [0.1, 0.15) is 99.1 Å². The molecular weight excluding hydrogens is 1740 g/mol. The van der Waals surface area contributed by atoms with Gasteiger partial charge in [-0.15, -0.1) is 0 Å². The van der Waals surface area contributed by atoms with Gasteiger partial charge in [0, 0.05) is 0 Å². The van der Waals surface area contributed by atoms with E-state index in [1.54, 1.807) is 0 Å². The Hall–Kier alpha value is -17.0. The summed E-state index contributed by atoms with van der Waals surface area (Å²) in [5.74, 6) is -3.64. The van der Waals surface area contributed by atoms with Gasteiger partial charge in [0.15, 0.2) is 57.7 Å². The molecule has 21 nitrogen and oxygen atoms in total. The molecule has 0 aromatic heterocycles. The largest absolute Gasteiger partial charge is 0.485 e. The van der Waals surface area contributed by atoms with Crippen molar-refractivity contribution in [3.05, 3.63) is 502 Å². The quantitative estimate of drug-likeness (QED) is 0.0275. The molecule has 0 amide bonds. The zero-order chi connectivity index (χ0) is 94.6. The van der Waals surface area contributed by atoms with Gasteiger partial charge in [0.25, 0.3) is 0 Å². The van der Waals surface area contributed by atoms with E-state index in [-0.39, 0.29) is 171 Å². The van der Waals surface area contributed by atoms with Crippen LogP contribution in [0.5, 0.6) is 69.0 Å². The first-order valence-corrected chi connectivity index (χ1v) is 45.1. The summed E-state index contributed by atoms with van der Waals surface area (Å²) in [5, 5.41) is 14.4. The fourth-order valence-corrected chi connectivity index (χ4v) is 14.5. The van der Waals surface area contributed by atoms with Gasteiger partial charge in [-0.25, -0.2) is 19.2 Å². The predicted molar refractivity (Wildman–Crippen MR) is 520 cm³/mol. The fourth-order valence-electron chi connectivity index (χ4n) is 14.5. The Morgan fingerprint density at radius 1 is 0.196 bits per heavy atom. The second-order valence-corrected chi connectivity index (χ2v) is 32.2. The van der Waals surface area contributed by atoms with E-state index in [1.165, 1.54) is 48.5 Å². The molecule has 21 heteroatoms. The van der Waals surface area contributed by atoms with Crippen molar-refractivity contribution in [3.63, 3.8) is 0 Å². The highest BCUT2D eigenvalue weighted by Crippen LogP contribution is 2.46. The molecule has 0 bridgehead atoms. The summed E-state index contributed by atoms with van der Waals surface area (Å²) >= 11 is 0. The molecule has 0 heterocycles. The maximum atomic E-state index is 16.3. The SMILES string of the molecule is O=C(OC[C@H](OC(=O)c1cc(OCc2ccccc2)c(OCc2ccccc2)c(OCc2ccccc2)c1)C(O)(COC(=O)c1cc(OCc2ccccc2)c(OCc2ccccc2)c(OCc2ccccc2)c1)COC(=O)c1cc(OCc2ccccc2)c(OCc2ccccc2)c(OCc2ccccc2)c1)c1cc(OCc2ccccc2)c(OCc2ccccc2)c(OCc2ccccc2)c1. The van der Waals surface area contributed by atoms with Crippen LogP contribution < -0.4 is 56.8 Å². The molecule has 0 aliphatic carbocycles. The number of ether oxygens (including phenoxy) is 16. The number of carbonyl (C=O) groups is 4. The van der Waals surface area contributed by atoms with Gasteiger partial charge in [-0.3, -0.25) is 0 Å². The smallest absolute Gasteiger partial charge is 0.338 e. The van der Waals surface area contributed by atoms with Crippen molar-refractivity contribution in [2.45, 2.75) is 91.0 Å². The summed E-state index contributed by atoms with van der Waals surface area (Å²) in [6.07, 6.45) is -2.24. The molecule has 0 aliphatic rings. The lowest BCUT2D eigenvalue weighted by atomic mass is 9.98. The van der Waals surface area contributed by atoms with Crippen LogP contribution in [0.15, 0.2) is 413 Å². The molecule has 0 fully saturated rings. The molecule has 0 saturated heterocycles. The van der Waals surface area contributed by atoms with Crippen molar-refractivity contribution >= 4 is 23.9 Å². The minimum Gasteiger partial charge on any atom is -0.485 e. The van der Waals surface area contributed by atoms with E-state index < -0.39 is 55.4 Å². The molecule has 1 atom stereocenters. The normalized spacial score (nSPS) is 11.2. The van der Waals surface area contributed by atoms with Crippen LogP contribution in [0.1, 0.15) is 108 Å². The van der Waals surface area contributed by atoms with E-state index in [1.807, 2.05) is 364 Å². The Balaban J connectivity index is 0.836. The molecule has 16 aromatic rings. The maximum Gasteiger partial charge on any atom is 0.338 e. The molecule has 1 N–H and O–H groups in total. The first-order valence-electron chi connectivity index (χ1n) is 45.1. The van der Waals surface area contributed by atoms with Gasteiger partial charge in [0.05, 0.1) is 22.3 Å². The molecule has 0 spiro atoms. The summed E-state index contributed by atoms with van der Waals surface area (Å²) in [6.45, 7) is -3.53. The van der Waals surface area contributed by atoms with Gasteiger partial charge in [-0.1, -0.05) is 364 Å². The lowest BCUT2D eigenvalue weighted by Gasteiger charge is -2.34. The van der Waals surface area contributed by atoms with Crippen LogP contribution in [0.2, 0.25) is 0 Å². The van der Waals surface area contributed by atoms with E-state index in [9.17, 15) is 5.11 Å². The number of hydrogen-bond donors (Lipinski definition) is 1. The van der Waals surface area contributed by atoms with Gasteiger partial charge in [-0.2, -0.15) is 0 Å². The summed E-state index contributed by atoms with van der Waals surface area (Å²) in [4.78, 5) is 64.0. The van der Waals surface area contributed by atoms with Gasteiger partial charge >= 0.3 is 23.9 Å². The van der Waals surface area contributed by atoms with Crippen molar-refractivity contribution in [1.29, 1.82) is 0 Å². The summed E-state index contributed by atoms with van der Waals surface area (Å²) < 4.78 is 106. The minimum atomic E-state index is -3.00. The number of esters is 4. The molecule has 138 heavy (non-hydrogen) atoms. The highest BCUT2D eigenvalue weighted by molar-refractivity contribution is 5.94. The van der Waals surface area contributed by atoms with E-state index >= 15 is 19.2 Å². The average Bonchev–Trinajstić information content (AvgIpc) is 0.796. The predicted octanol–water partition coefficient (Wildman–Crippen LogP) is 23.5. The number of carbonyl (C=O) groups excluding carboxylic acids is 4. The van der Waals surface area contributed by atoms with E-state index in [4.69, 9.17) is 75.8 Å². The van der Waals surface area contributed by atoms with E-state index in [0.717, 1.165) is 66.8 Å². The molecule has 0 radical (unpaired) electrons. The maximum absolute atomic E-state index is 16.3. The summed E-state index contributed by atoms with van der Waals surface area (Å²) in [5.41, 5.74) is 5.50. The lowest BCUT2D eigenvalue weighted by Crippen LogP contribution is -2.55. The van der Waals surface area contributed by atoms with Crippen LogP contribution >= 0.6 is 0 Å². The topological polar surface area (TPSA) is 236 Å². The highest BCUT2D eigenvalue weighted by Gasteiger charge is 2.45. The lowest BCUT2D eigenvalue weighted by molar-refractivity contribution is -0.150. The molecule has 16 aromatic carbocycles. The first-order chi connectivity index (χ1) is 67.9. The number of hydrogen-bond acceptors (Lipinski definition) is 21. The Bertz CT molecular complexity index is 6100. The Morgan fingerprint density at radius 2 is 0.341 bits per heavy atom. The van der Waals surface area contributed by atoms with Crippen molar-refractivity contribution in [3.8, 4) is 69.0 Å². The van der Waals surface area contributed by atoms with Gasteiger partial charge in [-0.05, 0) is 115 Å². The van der Waals surface area contributed by atoms with E-state index in [0.29, 0.717) is 0 Å². The monoisotopic (exact) mass is 1840 g/mol. The second-order valence-electron chi connectivity index (χ2n) is 32.2. The third-order valence-electron chi connectivity index (χ3n) is 21.9.